The Balaban J connectivity index is 2.04. The summed E-state index contributed by atoms with van der Waals surface area (Å²) in [7, 11) is 0. The van der Waals surface area contributed by atoms with Crippen LogP contribution in [0.1, 0.15) is 10.4 Å². The lowest BCUT2D eigenvalue weighted by molar-refractivity contribution is 0.0737. The maximum absolute atomic E-state index is 12.5. The van der Waals surface area contributed by atoms with Crippen molar-refractivity contribution in [1.29, 1.82) is 0 Å². The Morgan fingerprint density at radius 1 is 0.826 bits per heavy atom. The number of benzene rings is 3. The zero-order valence-electron chi connectivity index (χ0n) is 11.4. The highest BCUT2D eigenvalue weighted by molar-refractivity contribution is 6.50. The van der Waals surface area contributed by atoms with Gasteiger partial charge in [-0.1, -0.05) is 82.8 Å². The van der Waals surface area contributed by atoms with E-state index in [0.717, 1.165) is 10.8 Å². The first-order valence-corrected chi connectivity index (χ1v) is 8.03. The number of halogens is 4. The van der Waals surface area contributed by atoms with Crippen LogP contribution in [0, 0.1) is 0 Å². The molecule has 0 amide bonds. The molecule has 23 heavy (non-hydrogen) atoms. The van der Waals surface area contributed by atoms with E-state index in [0.29, 0.717) is 5.56 Å². The number of carbonyl (C=O) groups is 1. The molecule has 0 atom stereocenters. The molecule has 0 aromatic heterocycles. The summed E-state index contributed by atoms with van der Waals surface area (Å²) >= 11 is 24.0. The summed E-state index contributed by atoms with van der Waals surface area (Å²) in [4.78, 5) is 12.5. The Morgan fingerprint density at radius 2 is 1.52 bits per heavy atom. The van der Waals surface area contributed by atoms with Crippen molar-refractivity contribution in [2.24, 2.45) is 0 Å². The minimum absolute atomic E-state index is 0.00208. The number of ether oxygens (including phenoxy) is 1. The van der Waals surface area contributed by atoms with Crippen LogP contribution in [0.3, 0.4) is 0 Å². The third-order valence-electron chi connectivity index (χ3n) is 3.28. The fraction of sp³-hybridized carbons (Fsp3) is 0. The van der Waals surface area contributed by atoms with E-state index in [-0.39, 0.29) is 25.8 Å². The fourth-order valence-corrected chi connectivity index (χ4v) is 3.18. The van der Waals surface area contributed by atoms with Crippen molar-refractivity contribution >= 4 is 63.1 Å². The minimum atomic E-state index is -0.580. The third-order valence-corrected chi connectivity index (χ3v) is 4.80. The van der Waals surface area contributed by atoms with E-state index in [2.05, 4.69) is 0 Å². The van der Waals surface area contributed by atoms with Crippen LogP contribution in [-0.4, -0.2) is 5.97 Å². The summed E-state index contributed by atoms with van der Waals surface area (Å²) in [5.74, 6) is -0.593. The van der Waals surface area contributed by atoms with Crippen LogP contribution in [0.5, 0.6) is 5.75 Å². The van der Waals surface area contributed by atoms with E-state index in [4.69, 9.17) is 51.1 Å². The molecule has 0 radical (unpaired) electrons. The van der Waals surface area contributed by atoms with Gasteiger partial charge in [-0.25, -0.2) is 4.79 Å². The summed E-state index contributed by atoms with van der Waals surface area (Å²) in [5.41, 5.74) is 0.404. The molecule has 0 saturated carbocycles. The van der Waals surface area contributed by atoms with Crippen LogP contribution >= 0.6 is 46.4 Å². The van der Waals surface area contributed by atoms with Crippen molar-refractivity contribution < 1.29 is 9.53 Å². The molecular weight excluding hydrogens is 378 g/mol. The average molecular weight is 386 g/mol. The second-order valence-corrected chi connectivity index (χ2v) is 6.28. The van der Waals surface area contributed by atoms with E-state index in [9.17, 15) is 4.79 Å². The SMILES string of the molecule is O=C(Oc1c(Cl)cc(Cl)c(Cl)c1Cl)c1cccc2ccccc12. The number of carbonyl (C=O) groups excluding carboxylic acids is 1. The normalized spacial score (nSPS) is 10.8. The number of hydrogen-bond acceptors (Lipinski definition) is 2. The fourth-order valence-electron chi connectivity index (χ4n) is 2.19. The summed E-state index contributed by atoms with van der Waals surface area (Å²) in [6, 6.07) is 14.2. The van der Waals surface area contributed by atoms with Gasteiger partial charge < -0.3 is 4.74 Å². The Kier molecular flexibility index (Phi) is 4.69. The Morgan fingerprint density at radius 3 is 2.30 bits per heavy atom. The highest BCUT2D eigenvalue weighted by Gasteiger charge is 2.20. The summed E-state index contributed by atoms with van der Waals surface area (Å²) in [5, 5.41) is 2.07. The van der Waals surface area contributed by atoms with E-state index < -0.39 is 5.97 Å². The minimum Gasteiger partial charge on any atom is -0.420 e. The second-order valence-electron chi connectivity index (χ2n) is 4.71. The predicted octanol–water partition coefficient (Wildman–Crippen LogP) is 6.67. The Bertz CT molecular complexity index is 917. The van der Waals surface area contributed by atoms with Crippen molar-refractivity contribution in [3.63, 3.8) is 0 Å². The van der Waals surface area contributed by atoms with Crippen LogP contribution in [-0.2, 0) is 0 Å². The lowest BCUT2D eigenvalue weighted by Gasteiger charge is -2.11. The molecule has 0 unspecified atom stereocenters. The van der Waals surface area contributed by atoms with E-state index in [1.165, 1.54) is 6.07 Å². The van der Waals surface area contributed by atoms with Crippen molar-refractivity contribution in [3.05, 3.63) is 74.2 Å². The summed E-state index contributed by atoms with van der Waals surface area (Å²) in [6.45, 7) is 0. The Labute approximate surface area is 152 Å². The number of hydrogen-bond donors (Lipinski definition) is 0. The molecule has 0 aliphatic heterocycles. The van der Waals surface area contributed by atoms with Gasteiger partial charge in [-0.3, -0.25) is 0 Å². The van der Waals surface area contributed by atoms with Crippen molar-refractivity contribution in [2.45, 2.75) is 0 Å². The van der Waals surface area contributed by atoms with Crippen LogP contribution in [0.15, 0.2) is 48.5 Å². The van der Waals surface area contributed by atoms with E-state index in [1.807, 2.05) is 30.3 Å². The third kappa shape index (κ3) is 3.13. The van der Waals surface area contributed by atoms with Crippen molar-refractivity contribution in [3.8, 4) is 5.75 Å². The van der Waals surface area contributed by atoms with Gasteiger partial charge >= 0.3 is 5.97 Å². The standard InChI is InChI=1S/C17H8Cl4O2/c18-12-8-13(19)16(15(21)14(12)20)23-17(22)11-7-3-5-9-4-1-2-6-10(9)11/h1-8H. The molecule has 0 saturated heterocycles. The topological polar surface area (TPSA) is 26.3 Å². The zero-order chi connectivity index (χ0) is 16.6. The molecule has 3 aromatic rings. The first-order chi connectivity index (χ1) is 11.0. The molecule has 0 bridgehead atoms. The van der Waals surface area contributed by atoms with Gasteiger partial charge in [0.1, 0.15) is 5.02 Å². The molecular formula is C17H8Cl4O2. The highest BCUT2D eigenvalue weighted by atomic mass is 35.5. The second kappa shape index (κ2) is 6.58. The average Bonchev–Trinajstić information content (AvgIpc) is 2.56. The van der Waals surface area contributed by atoms with Crippen LogP contribution in [0.4, 0.5) is 0 Å². The predicted molar refractivity (Wildman–Crippen MR) is 95.4 cm³/mol. The number of esters is 1. The van der Waals surface area contributed by atoms with Gasteiger partial charge in [-0.2, -0.15) is 0 Å². The van der Waals surface area contributed by atoms with Crippen molar-refractivity contribution in [1.82, 2.24) is 0 Å². The maximum Gasteiger partial charge on any atom is 0.344 e. The molecule has 0 aliphatic rings. The maximum atomic E-state index is 12.5. The largest absolute Gasteiger partial charge is 0.420 e. The van der Waals surface area contributed by atoms with E-state index in [1.54, 1.807) is 12.1 Å². The highest BCUT2D eigenvalue weighted by Crippen LogP contribution is 2.43. The molecule has 0 fully saturated rings. The summed E-state index contributed by atoms with van der Waals surface area (Å²) < 4.78 is 5.36. The first kappa shape index (κ1) is 16.4. The van der Waals surface area contributed by atoms with Gasteiger partial charge in [0, 0.05) is 0 Å². The van der Waals surface area contributed by atoms with Gasteiger partial charge in [-0.15, -0.1) is 0 Å². The van der Waals surface area contributed by atoms with Gasteiger partial charge in [0.15, 0.2) is 5.75 Å². The lowest BCUT2D eigenvalue weighted by atomic mass is 10.0. The van der Waals surface area contributed by atoms with Crippen LogP contribution in [0.25, 0.3) is 10.8 Å². The van der Waals surface area contributed by atoms with Crippen LogP contribution < -0.4 is 4.74 Å². The molecule has 2 nitrogen and oxygen atoms in total. The van der Waals surface area contributed by atoms with Gasteiger partial charge in [0.25, 0.3) is 0 Å². The quantitative estimate of drug-likeness (QED) is 0.213. The monoisotopic (exact) mass is 384 g/mol. The molecule has 3 aromatic carbocycles. The number of fused-ring (bicyclic) bond motifs is 1. The molecule has 0 N–H and O–H groups in total. The van der Waals surface area contributed by atoms with Gasteiger partial charge in [0.2, 0.25) is 0 Å². The van der Waals surface area contributed by atoms with Crippen molar-refractivity contribution in [2.75, 3.05) is 0 Å². The van der Waals surface area contributed by atoms with E-state index >= 15 is 0 Å². The summed E-state index contributed by atoms with van der Waals surface area (Å²) in [6.07, 6.45) is 0. The molecule has 0 heterocycles. The lowest BCUT2D eigenvalue weighted by Crippen LogP contribution is -2.10. The zero-order valence-corrected chi connectivity index (χ0v) is 14.5. The number of rotatable bonds is 2. The molecule has 0 spiro atoms. The first-order valence-electron chi connectivity index (χ1n) is 6.52. The molecule has 3 rings (SSSR count). The van der Waals surface area contributed by atoms with Gasteiger partial charge in [-0.05, 0) is 22.9 Å². The Hall–Kier alpha value is -1.45. The van der Waals surface area contributed by atoms with Gasteiger partial charge in [0.05, 0.1) is 20.6 Å². The molecule has 0 aliphatic carbocycles. The smallest absolute Gasteiger partial charge is 0.344 e. The molecule has 116 valence electrons. The molecule has 6 heteroatoms. The van der Waals surface area contributed by atoms with Crippen LogP contribution in [0.2, 0.25) is 20.1 Å².